The second-order valence-electron chi connectivity index (χ2n) is 7.19. The predicted octanol–water partition coefficient (Wildman–Crippen LogP) is 2.97. The molecular weight excluding hydrogens is 324 g/mol. The number of nitrogens with zero attached hydrogens (tertiary/aromatic N) is 4. The van der Waals surface area contributed by atoms with E-state index in [1.54, 1.807) is 12.3 Å². The monoisotopic (exact) mass is 350 g/mol. The number of hydrogen-bond donors (Lipinski definition) is 0. The third-order valence-electron chi connectivity index (χ3n) is 5.51. The van der Waals surface area contributed by atoms with Gasteiger partial charge in [0, 0.05) is 50.1 Å². The number of carbonyl (C=O) groups is 1. The molecular formula is C21H26N4O. The fourth-order valence-corrected chi connectivity index (χ4v) is 3.99. The average Bonchev–Trinajstić information content (AvgIpc) is 3.39. The minimum atomic E-state index is 0.100. The maximum atomic E-state index is 12.5. The first-order valence-electron chi connectivity index (χ1n) is 9.61. The van der Waals surface area contributed by atoms with E-state index in [-0.39, 0.29) is 5.91 Å². The summed E-state index contributed by atoms with van der Waals surface area (Å²) in [5, 5.41) is 4.36. The zero-order valence-electron chi connectivity index (χ0n) is 15.1. The van der Waals surface area contributed by atoms with Gasteiger partial charge in [0.25, 0.3) is 0 Å². The smallest absolute Gasteiger partial charge is 0.246 e. The molecule has 0 bridgehead atoms. The van der Waals surface area contributed by atoms with E-state index in [9.17, 15) is 4.79 Å². The standard InChI is InChI=1S/C21H26N4O/c26-21(24-14-12-23(13-15-24)19-6-4-5-7-19)11-10-18-16-22-25(17-18)20-8-2-1-3-9-20/h1-3,8-11,16-17,19H,4-7,12-15H2/b11-10+. The van der Waals surface area contributed by atoms with Crippen molar-refractivity contribution in [3.05, 3.63) is 54.4 Å². The summed E-state index contributed by atoms with van der Waals surface area (Å²) in [5.41, 5.74) is 1.95. The van der Waals surface area contributed by atoms with Crippen molar-refractivity contribution in [1.29, 1.82) is 0 Å². The molecule has 1 aliphatic heterocycles. The third kappa shape index (κ3) is 3.88. The van der Waals surface area contributed by atoms with Gasteiger partial charge >= 0.3 is 0 Å². The number of para-hydroxylation sites is 1. The Labute approximate surface area is 154 Å². The molecule has 26 heavy (non-hydrogen) atoms. The van der Waals surface area contributed by atoms with Crippen molar-refractivity contribution in [3.63, 3.8) is 0 Å². The van der Waals surface area contributed by atoms with E-state index in [0.717, 1.165) is 43.5 Å². The second-order valence-corrected chi connectivity index (χ2v) is 7.19. The number of carbonyl (C=O) groups excluding carboxylic acids is 1. The Kier molecular flexibility index (Phi) is 5.16. The van der Waals surface area contributed by atoms with Crippen molar-refractivity contribution in [3.8, 4) is 5.69 Å². The zero-order valence-corrected chi connectivity index (χ0v) is 15.1. The van der Waals surface area contributed by atoms with Gasteiger partial charge in [-0.2, -0.15) is 5.10 Å². The average molecular weight is 350 g/mol. The highest BCUT2D eigenvalue weighted by molar-refractivity contribution is 5.91. The summed E-state index contributed by atoms with van der Waals surface area (Å²) in [4.78, 5) is 17.0. The molecule has 0 spiro atoms. The first kappa shape index (κ1) is 17.0. The number of aromatic nitrogens is 2. The van der Waals surface area contributed by atoms with E-state index < -0.39 is 0 Å². The quantitative estimate of drug-likeness (QED) is 0.796. The molecule has 1 aromatic heterocycles. The van der Waals surface area contributed by atoms with Crippen LogP contribution in [0, 0.1) is 0 Å². The van der Waals surface area contributed by atoms with E-state index in [1.165, 1.54) is 25.7 Å². The third-order valence-corrected chi connectivity index (χ3v) is 5.51. The molecule has 5 heteroatoms. The molecule has 2 aromatic rings. The number of hydrogen-bond acceptors (Lipinski definition) is 3. The normalized spacial score (nSPS) is 19.5. The van der Waals surface area contributed by atoms with Crippen LogP contribution in [-0.2, 0) is 4.79 Å². The van der Waals surface area contributed by atoms with Crippen LogP contribution in [-0.4, -0.2) is 57.7 Å². The minimum Gasteiger partial charge on any atom is -0.337 e. The van der Waals surface area contributed by atoms with Crippen LogP contribution in [0.25, 0.3) is 11.8 Å². The SMILES string of the molecule is O=C(/C=C/c1cnn(-c2ccccc2)c1)N1CCN(C2CCCC2)CC1. The summed E-state index contributed by atoms with van der Waals surface area (Å²) in [7, 11) is 0. The number of rotatable bonds is 4. The number of piperazine rings is 1. The summed E-state index contributed by atoms with van der Waals surface area (Å²) in [6.45, 7) is 3.69. The molecule has 2 heterocycles. The van der Waals surface area contributed by atoms with Crippen molar-refractivity contribution in [1.82, 2.24) is 19.6 Å². The maximum Gasteiger partial charge on any atom is 0.246 e. The second kappa shape index (κ2) is 7.87. The van der Waals surface area contributed by atoms with Gasteiger partial charge in [0.2, 0.25) is 5.91 Å². The lowest BCUT2D eigenvalue weighted by molar-refractivity contribution is -0.127. The van der Waals surface area contributed by atoms with Crippen LogP contribution in [0.15, 0.2) is 48.8 Å². The van der Waals surface area contributed by atoms with Gasteiger partial charge in [0.05, 0.1) is 11.9 Å². The van der Waals surface area contributed by atoms with Crippen LogP contribution >= 0.6 is 0 Å². The zero-order chi connectivity index (χ0) is 17.8. The van der Waals surface area contributed by atoms with Crippen LogP contribution < -0.4 is 0 Å². The molecule has 1 aliphatic carbocycles. The van der Waals surface area contributed by atoms with E-state index in [0.29, 0.717) is 0 Å². The molecule has 1 saturated carbocycles. The Bertz CT molecular complexity index is 753. The Morgan fingerprint density at radius 2 is 1.77 bits per heavy atom. The molecule has 1 amide bonds. The van der Waals surface area contributed by atoms with Gasteiger partial charge in [-0.3, -0.25) is 9.69 Å². The summed E-state index contributed by atoms with van der Waals surface area (Å²) in [6, 6.07) is 10.7. The van der Waals surface area contributed by atoms with Crippen molar-refractivity contribution in [2.75, 3.05) is 26.2 Å². The summed E-state index contributed by atoms with van der Waals surface area (Å²) in [5.74, 6) is 0.100. The van der Waals surface area contributed by atoms with Crippen LogP contribution in [0.5, 0.6) is 0 Å². The molecule has 0 unspecified atom stereocenters. The van der Waals surface area contributed by atoms with Crippen molar-refractivity contribution >= 4 is 12.0 Å². The fourth-order valence-electron chi connectivity index (χ4n) is 3.99. The van der Waals surface area contributed by atoms with Gasteiger partial charge in [0.15, 0.2) is 0 Å². The Morgan fingerprint density at radius 3 is 2.50 bits per heavy atom. The Morgan fingerprint density at radius 1 is 1.04 bits per heavy atom. The lowest BCUT2D eigenvalue weighted by Gasteiger charge is -2.37. The van der Waals surface area contributed by atoms with E-state index in [1.807, 2.05) is 52.2 Å². The molecule has 5 nitrogen and oxygen atoms in total. The molecule has 1 aromatic carbocycles. The van der Waals surface area contributed by atoms with Crippen molar-refractivity contribution < 1.29 is 4.79 Å². The first-order valence-corrected chi connectivity index (χ1v) is 9.61. The molecule has 2 aliphatic rings. The van der Waals surface area contributed by atoms with E-state index in [4.69, 9.17) is 0 Å². The van der Waals surface area contributed by atoms with Crippen molar-refractivity contribution in [2.45, 2.75) is 31.7 Å². The lowest BCUT2D eigenvalue weighted by atomic mass is 10.2. The first-order chi connectivity index (χ1) is 12.8. The minimum absolute atomic E-state index is 0.100. The summed E-state index contributed by atoms with van der Waals surface area (Å²) >= 11 is 0. The van der Waals surface area contributed by atoms with Gasteiger partial charge in [-0.15, -0.1) is 0 Å². The number of amides is 1. The molecule has 1 saturated heterocycles. The van der Waals surface area contributed by atoms with Gasteiger partial charge in [-0.1, -0.05) is 31.0 Å². The summed E-state index contributed by atoms with van der Waals surface area (Å²) < 4.78 is 1.82. The molecule has 136 valence electrons. The fraction of sp³-hybridized carbons (Fsp3) is 0.429. The molecule has 4 rings (SSSR count). The highest BCUT2D eigenvalue weighted by Gasteiger charge is 2.27. The Hall–Kier alpha value is -2.40. The largest absolute Gasteiger partial charge is 0.337 e. The van der Waals surface area contributed by atoms with E-state index in [2.05, 4.69) is 10.00 Å². The maximum absolute atomic E-state index is 12.5. The topological polar surface area (TPSA) is 41.4 Å². The van der Waals surface area contributed by atoms with Crippen LogP contribution in [0.2, 0.25) is 0 Å². The molecule has 0 radical (unpaired) electrons. The molecule has 2 fully saturated rings. The van der Waals surface area contributed by atoms with Crippen LogP contribution in [0.3, 0.4) is 0 Å². The lowest BCUT2D eigenvalue weighted by Crippen LogP contribution is -2.51. The van der Waals surface area contributed by atoms with E-state index >= 15 is 0 Å². The van der Waals surface area contributed by atoms with Gasteiger partial charge < -0.3 is 4.90 Å². The highest BCUT2D eigenvalue weighted by Crippen LogP contribution is 2.24. The molecule has 0 N–H and O–H groups in total. The summed E-state index contributed by atoms with van der Waals surface area (Å²) in [6.07, 6.45) is 12.7. The van der Waals surface area contributed by atoms with Gasteiger partial charge in [0.1, 0.15) is 0 Å². The Balaban J connectivity index is 1.31. The molecule has 0 atom stereocenters. The van der Waals surface area contributed by atoms with Gasteiger partial charge in [-0.05, 0) is 31.1 Å². The van der Waals surface area contributed by atoms with Crippen LogP contribution in [0.4, 0.5) is 0 Å². The van der Waals surface area contributed by atoms with Crippen LogP contribution in [0.1, 0.15) is 31.2 Å². The highest BCUT2D eigenvalue weighted by atomic mass is 16.2. The van der Waals surface area contributed by atoms with Gasteiger partial charge in [-0.25, -0.2) is 4.68 Å². The number of benzene rings is 1. The van der Waals surface area contributed by atoms with Crippen molar-refractivity contribution in [2.24, 2.45) is 0 Å². The predicted molar refractivity (Wildman–Crippen MR) is 103 cm³/mol.